The summed E-state index contributed by atoms with van der Waals surface area (Å²) in [5.41, 5.74) is -0.282. The normalized spacial score (nSPS) is 33.0. The molecule has 3 rings (SSSR count). The Morgan fingerprint density at radius 3 is 2.47 bits per heavy atom. The number of nitrogens with zero attached hydrogens (tertiary/aromatic N) is 1. The molecule has 6 heteroatoms. The average Bonchev–Trinajstić information content (AvgIpc) is 3.07. The Morgan fingerprint density at radius 2 is 1.95 bits per heavy atom. The van der Waals surface area contributed by atoms with E-state index in [0.717, 1.165) is 25.7 Å². The molecule has 2 aliphatic heterocycles. The zero-order valence-electron chi connectivity index (χ0n) is 11.4. The van der Waals surface area contributed by atoms with Gasteiger partial charge in [-0.25, -0.2) is 8.42 Å². The van der Waals surface area contributed by atoms with Gasteiger partial charge in [0.25, 0.3) is 0 Å². The molecule has 2 heterocycles. The fraction of sp³-hybridized carbons (Fsp3) is 0.923. The minimum atomic E-state index is -2.86. The van der Waals surface area contributed by atoms with Crippen molar-refractivity contribution in [3.63, 3.8) is 0 Å². The van der Waals surface area contributed by atoms with Gasteiger partial charge in [0.2, 0.25) is 5.91 Å². The van der Waals surface area contributed by atoms with E-state index >= 15 is 0 Å². The van der Waals surface area contributed by atoms with E-state index in [1.54, 1.807) is 0 Å². The van der Waals surface area contributed by atoms with Gasteiger partial charge in [-0.1, -0.05) is 13.3 Å². The van der Waals surface area contributed by atoms with Crippen molar-refractivity contribution in [2.45, 2.75) is 63.2 Å². The molecule has 1 saturated carbocycles. The summed E-state index contributed by atoms with van der Waals surface area (Å²) in [5, 5.41) is 3.49. The molecule has 3 aliphatic rings. The van der Waals surface area contributed by atoms with Crippen molar-refractivity contribution >= 4 is 15.7 Å². The van der Waals surface area contributed by atoms with Gasteiger partial charge in [0.05, 0.1) is 23.2 Å². The third kappa shape index (κ3) is 2.29. The van der Waals surface area contributed by atoms with Gasteiger partial charge in [-0.15, -0.1) is 0 Å². The van der Waals surface area contributed by atoms with E-state index in [-0.39, 0.29) is 35.2 Å². The van der Waals surface area contributed by atoms with Crippen LogP contribution < -0.4 is 5.32 Å². The van der Waals surface area contributed by atoms with E-state index in [9.17, 15) is 13.2 Å². The van der Waals surface area contributed by atoms with Crippen LogP contribution >= 0.6 is 0 Å². The van der Waals surface area contributed by atoms with Crippen molar-refractivity contribution in [3.8, 4) is 0 Å². The molecule has 1 amide bonds. The van der Waals surface area contributed by atoms with E-state index in [2.05, 4.69) is 12.2 Å². The zero-order valence-corrected chi connectivity index (χ0v) is 12.2. The van der Waals surface area contributed by atoms with Gasteiger partial charge in [0, 0.05) is 6.04 Å². The molecular formula is C13H22N2O3S. The maximum atomic E-state index is 12.5. The van der Waals surface area contributed by atoms with Crippen molar-refractivity contribution in [2.75, 3.05) is 11.5 Å². The molecule has 3 fully saturated rings. The first-order valence-electron chi connectivity index (χ1n) is 7.28. The van der Waals surface area contributed by atoms with Crippen LogP contribution in [-0.2, 0) is 14.6 Å². The van der Waals surface area contributed by atoms with Crippen molar-refractivity contribution in [1.82, 2.24) is 10.2 Å². The van der Waals surface area contributed by atoms with E-state index in [0.29, 0.717) is 12.8 Å². The number of hydrogen-bond donors (Lipinski definition) is 1. The number of nitrogens with one attached hydrogen (secondary N) is 1. The van der Waals surface area contributed by atoms with Crippen LogP contribution in [-0.4, -0.2) is 48.5 Å². The fourth-order valence-electron chi connectivity index (χ4n) is 3.38. The summed E-state index contributed by atoms with van der Waals surface area (Å²) in [7, 11) is -2.86. The third-order valence-electron chi connectivity index (χ3n) is 4.65. The van der Waals surface area contributed by atoms with Crippen LogP contribution in [0.4, 0.5) is 0 Å². The molecule has 0 aromatic heterocycles. The molecule has 1 unspecified atom stereocenters. The van der Waals surface area contributed by atoms with Gasteiger partial charge in [-0.05, 0) is 32.1 Å². The van der Waals surface area contributed by atoms with Gasteiger partial charge < -0.3 is 4.90 Å². The Balaban J connectivity index is 1.76. The Labute approximate surface area is 114 Å². The zero-order chi connectivity index (χ0) is 13.7. The molecule has 0 aromatic carbocycles. The van der Waals surface area contributed by atoms with E-state index in [4.69, 9.17) is 0 Å². The highest BCUT2D eigenvalue weighted by Gasteiger charge is 2.60. The summed E-state index contributed by atoms with van der Waals surface area (Å²) >= 11 is 0. The van der Waals surface area contributed by atoms with Gasteiger partial charge >= 0.3 is 0 Å². The highest BCUT2D eigenvalue weighted by Crippen LogP contribution is 2.44. The molecule has 19 heavy (non-hydrogen) atoms. The first-order chi connectivity index (χ1) is 8.97. The van der Waals surface area contributed by atoms with Gasteiger partial charge in [-0.3, -0.25) is 10.1 Å². The number of carbonyl (C=O) groups excluding carboxylic acids is 1. The Hall–Kier alpha value is -0.620. The second-order valence-electron chi connectivity index (χ2n) is 6.13. The maximum absolute atomic E-state index is 12.5. The van der Waals surface area contributed by atoms with Crippen molar-refractivity contribution in [1.29, 1.82) is 0 Å². The smallest absolute Gasteiger partial charge is 0.244 e. The summed E-state index contributed by atoms with van der Waals surface area (Å²) < 4.78 is 23.0. The highest BCUT2D eigenvalue weighted by molar-refractivity contribution is 7.91. The number of carbonyl (C=O) groups is 1. The molecule has 108 valence electrons. The van der Waals surface area contributed by atoms with Crippen LogP contribution in [0.5, 0.6) is 0 Å². The SMILES string of the molecule is CCCC1NC2(CC2)C(=O)N1C1CCS(=O)(=O)CC1. The van der Waals surface area contributed by atoms with Crippen LogP contribution in [0, 0.1) is 0 Å². The van der Waals surface area contributed by atoms with Crippen molar-refractivity contribution < 1.29 is 13.2 Å². The van der Waals surface area contributed by atoms with Gasteiger partial charge in [-0.2, -0.15) is 0 Å². The minimum absolute atomic E-state index is 0.111. The maximum Gasteiger partial charge on any atom is 0.244 e. The summed E-state index contributed by atoms with van der Waals surface area (Å²) in [6.45, 7) is 2.12. The monoisotopic (exact) mass is 286 g/mol. The number of hydrogen-bond acceptors (Lipinski definition) is 4. The topological polar surface area (TPSA) is 66.5 Å². The molecule has 1 spiro atoms. The molecule has 0 aromatic rings. The second kappa shape index (κ2) is 4.45. The quantitative estimate of drug-likeness (QED) is 0.827. The number of sulfone groups is 1. The lowest BCUT2D eigenvalue weighted by Gasteiger charge is -2.35. The second-order valence-corrected chi connectivity index (χ2v) is 8.43. The molecule has 0 radical (unpaired) electrons. The standard InChI is InChI=1S/C13H22N2O3S/c1-2-3-11-14-13(6-7-13)12(16)15(11)10-4-8-19(17,18)9-5-10/h10-11,14H,2-9H2,1H3. The highest BCUT2D eigenvalue weighted by atomic mass is 32.2. The van der Waals surface area contributed by atoms with Crippen LogP contribution in [0.15, 0.2) is 0 Å². The first kappa shape index (κ1) is 13.4. The average molecular weight is 286 g/mol. The van der Waals surface area contributed by atoms with Crippen LogP contribution in [0.1, 0.15) is 45.4 Å². The molecular weight excluding hydrogens is 264 g/mol. The van der Waals surface area contributed by atoms with Gasteiger partial charge in [0.1, 0.15) is 9.84 Å². The van der Waals surface area contributed by atoms with Gasteiger partial charge in [0.15, 0.2) is 0 Å². The molecule has 1 atom stereocenters. The van der Waals surface area contributed by atoms with E-state index in [1.807, 2.05) is 4.90 Å². The first-order valence-corrected chi connectivity index (χ1v) is 9.10. The largest absolute Gasteiger partial charge is 0.322 e. The number of rotatable bonds is 3. The van der Waals surface area contributed by atoms with Crippen LogP contribution in [0.2, 0.25) is 0 Å². The minimum Gasteiger partial charge on any atom is -0.322 e. The van der Waals surface area contributed by atoms with E-state index in [1.165, 1.54) is 0 Å². The Bertz CT molecular complexity index is 470. The summed E-state index contributed by atoms with van der Waals surface area (Å²) in [6, 6.07) is 0.111. The Kier molecular flexibility index (Phi) is 3.13. The molecule has 5 nitrogen and oxygen atoms in total. The Morgan fingerprint density at radius 1 is 1.32 bits per heavy atom. The predicted molar refractivity (Wildman–Crippen MR) is 72.3 cm³/mol. The van der Waals surface area contributed by atoms with Crippen molar-refractivity contribution in [3.05, 3.63) is 0 Å². The summed E-state index contributed by atoms with van der Waals surface area (Å²) in [6.07, 6.45) is 5.18. The predicted octanol–water partition coefficient (Wildman–Crippen LogP) is 0.654. The number of amides is 1. The van der Waals surface area contributed by atoms with E-state index < -0.39 is 9.84 Å². The fourth-order valence-corrected chi connectivity index (χ4v) is 4.85. The third-order valence-corrected chi connectivity index (χ3v) is 6.37. The lowest BCUT2D eigenvalue weighted by Crippen LogP contribution is -2.48. The lowest BCUT2D eigenvalue weighted by molar-refractivity contribution is -0.133. The van der Waals surface area contributed by atoms with Crippen LogP contribution in [0.3, 0.4) is 0 Å². The van der Waals surface area contributed by atoms with Crippen molar-refractivity contribution in [2.24, 2.45) is 0 Å². The van der Waals surface area contributed by atoms with Crippen LogP contribution in [0.25, 0.3) is 0 Å². The lowest BCUT2D eigenvalue weighted by atomic mass is 10.1. The molecule has 1 aliphatic carbocycles. The molecule has 2 saturated heterocycles. The molecule has 0 bridgehead atoms. The summed E-state index contributed by atoms with van der Waals surface area (Å²) in [5.74, 6) is 0.677. The summed E-state index contributed by atoms with van der Waals surface area (Å²) in [4.78, 5) is 14.5. The molecule has 1 N–H and O–H groups in total.